The first-order chi connectivity index (χ1) is 9.93. The molecule has 21 heavy (non-hydrogen) atoms. The van der Waals surface area contributed by atoms with Gasteiger partial charge in [-0.25, -0.2) is 0 Å². The molecule has 108 valence electrons. The fourth-order valence-corrected chi connectivity index (χ4v) is 2.93. The van der Waals surface area contributed by atoms with Gasteiger partial charge >= 0.3 is 0 Å². The topological polar surface area (TPSA) is 83.8 Å². The van der Waals surface area contributed by atoms with E-state index in [1.54, 1.807) is 6.08 Å². The maximum absolute atomic E-state index is 12.6. The molecule has 0 heterocycles. The van der Waals surface area contributed by atoms with Crippen molar-refractivity contribution >= 4 is 11.6 Å². The van der Waals surface area contributed by atoms with E-state index in [9.17, 15) is 19.8 Å². The molecule has 5 heteroatoms. The number of fused-ring (bicyclic) bond motifs is 1. The molecule has 1 unspecified atom stereocenters. The molecule has 0 saturated heterocycles. The number of phenolic OH excluding ortho intramolecular Hbond substituents is 2. The predicted octanol–water partition coefficient (Wildman–Crippen LogP) is 2.14. The first kappa shape index (κ1) is 13.6. The molecule has 0 aromatic heterocycles. The minimum absolute atomic E-state index is 0.0424. The molecule has 1 aromatic carbocycles. The molecule has 2 aliphatic rings. The molecule has 0 bridgehead atoms. The maximum atomic E-state index is 12.6. The lowest BCUT2D eigenvalue weighted by Gasteiger charge is -2.29. The van der Waals surface area contributed by atoms with Crippen molar-refractivity contribution in [3.8, 4) is 11.5 Å². The van der Waals surface area contributed by atoms with Gasteiger partial charge in [-0.15, -0.1) is 0 Å². The van der Waals surface area contributed by atoms with Gasteiger partial charge in [-0.05, 0) is 19.4 Å². The zero-order chi connectivity index (χ0) is 15.3. The fraction of sp³-hybridized carbons (Fsp3) is 0.250. The molecule has 0 radical (unpaired) electrons. The molecule has 0 amide bonds. The quantitative estimate of drug-likeness (QED) is 0.773. The largest absolute Gasteiger partial charge is 0.508 e. The SMILES string of the molecule is COC1C=C(C)CC2=C1C(=O)c1c(O)cc(O)cc1C2=O. The van der Waals surface area contributed by atoms with Crippen LogP contribution in [0.4, 0.5) is 0 Å². The number of ketones is 2. The third kappa shape index (κ3) is 1.89. The van der Waals surface area contributed by atoms with Crippen LogP contribution in [0.15, 0.2) is 34.9 Å². The van der Waals surface area contributed by atoms with E-state index in [-0.39, 0.29) is 28.2 Å². The maximum Gasteiger partial charge on any atom is 0.196 e. The lowest BCUT2D eigenvalue weighted by Crippen LogP contribution is -2.31. The van der Waals surface area contributed by atoms with E-state index in [2.05, 4.69) is 0 Å². The summed E-state index contributed by atoms with van der Waals surface area (Å²) in [4.78, 5) is 25.2. The van der Waals surface area contributed by atoms with Crippen LogP contribution in [0.1, 0.15) is 34.1 Å². The summed E-state index contributed by atoms with van der Waals surface area (Å²) in [6, 6.07) is 2.27. The smallest absolute Gasteiger partial charge is 0.196 e. The van der Waals surface area contributed by atoms with Crippen molar-refractivity contribution in [1.82, 2.24) is 0 Å². The van der Waals surface area contributed by atoms with Gasteiger partial charge in [0.1, 0.15) is 17.6 Å². The van der Waals surface area contributed by atoms with Crippen LogP contribution < -0.4 is 0 Å². The molecule has 1 aromatic rings. The van der Waals surface area contributed by atoms with Gasteiger partial charge in [-0.2, -0.15) is 0 Å². The second-order valence-electron chi connectivity index (χ2n) is 5.28. The molecule has 0 spiro atoms. The summed E-state index contributed by atoms with van der Waals surface area (Å²) >= 11 is 0. The monoisotopic (exact) mass is 286 g/mol. The Labute approximate surface area is 121 Å². The minimum Gasteiger partial charge on any atom is -0.508 e. The standard InChI is InChI=1S/C16H14O5/c1-7-3-9-14(12(4-7)21-2)16(20)13-10(15(9)19)5-8(17)6-11(13)18/h4-6,12,17-18H,3H2,1-2H3. The third-order valence-electron chi connectivity index (χ3n) is 3.85. The van der Waals surface area contributed by atoms with Crippen LogP contribution >= 0.6 is 0 Å². The Balaban J connectivity index is 2.25. The molecule has 2 N–H and O–H groups in total. The Hall–Kier alpha value is -2.40. The van der Waals surface area contributed by atoms with Gasteiger partial charge in [0.25, 0.3) is 0 Å². The average molecular weight is 286 g/mol. The van der Waals surface area contributed by atoms with E-state index >= 15 is 0 Å². The highest BCUT2D eigenvalue weighted by atomic mass is 16.5. The number of carbonyl (C=O) groups is 2. The molecule has 3 rings (SSSR count). The molecule has 0 fully saturated rings. The van der Waals surface area contributed by atoms with Gasteiger partial charge in [-0.3, -0.25) is 9.59 Å². The first-order valence-corrected chi connectivity index (χ1v) is 6.52. The molecular weight excluding hydrogens is 272 g/mol. The van der Waals surface area contributed by atoms with Gasteiger partial charge in [0.2, 0.25) is 0 Å². The Morgan fingerprint density at radius 1 is 1.19 bits per heavy atom. The van der Waals surface area contributed by atoms with Crippen molar-refractivity contribution in [1.29, 1.82) is 0 Å². The Morgan fingerprint density at radius 3 is 2.57 bits per heavy atom. The number of aromatic hydroxyl groups is 2. The number of phenols is 2. The Kier molecular flexibility index (Phi) is 2.95. The summed E-state index contributed by atoms with van der Waals surface area (Å²) in [5.41, 5.74) is 1.58. The molecule has 2 aliphatic carbocycles. The molecular formula is C16H14O5. The van der Waals surface area contributed by atoms with E-state index in [0.29, 0.717) is 12.0 Å². The second kappa shape index (κ2) is 4.56. The average Bonchev–Trinajstić information content (AvgIpc) is 2.42. The summed E-state index contributed by atoms with van der Waals surface area (Å²) < 4.78 is 5.29. The zero-order valence-corrected chi connectivity index (χ0v) is 11.6. The molecule has 5 nitrogen and oxygen atoms in total. The van der Waals surface area contributed by atoms with Crippen LogP contribution in [0.25, 0.3) is 0 Å². The van der Waals surface area contributed by atoms with Gasteiger partial charge in [-0.1, -0.05) is 11.6 Å². The number of methoxy groups -OCH3 is 1. The van der Waals surface area contributed by atoms with Crippen molar-refractivity contribution in [2.75, 3.05) is 7.11 Å². The van der Waals surface area contributed by atoms with Crippen molar-refractivity contribution in [3.05, 3.63) is 46.1 Å². The van der Waals surface area contributed by atoms with E-state index in [4.69, 9.17) is 4.74 Å². The summed E-state index contributed by atoms with van der Waals surface area (Å²) in [6.45, 7) is 1.86. The van der Waals surface area contributed by atoms with Crippen molar-refractivity contribution < 1.29 is 24.5 Å². The van der Waals surface area contributed by atoms with Gasteiger partial charge in [0, 0.05) is 29.9 Å². The molecule has 1 atom stereocenters. The van der Waals surface area contributed by atoms with Crippen LogP contribution in [-0.2, 0) is 4.74 Å². The summed E-state index contributed by atoms with van der Waals surface area (Å²) in [5.74, 6) is -1.41. The number of allylic oxidation sites excluding steroid dienone is 2. The highest BCUT2D eigenvalue weighted by molar-refractivity contribution is 6.28. The molecule has 0 saturated carbocycles. The van der Waals surface area contributed by atoms with Gasteiger partial charge in [0.05, 0.1) is 5.56 Å². The third-order valence-corrected chi connectivity index (χ3v) is 3.85. The fourth-order valence-electron chi connectivity index (χ4n) is 2.93. The number of rotatable bonds is 1. The second-order valence-corrected chi connectivity index (χ2v) is 5.28. The number of benzene rings is 1. The summed E-state index contributed by atoms with van der Waals surface area (Å²) in [6.07, 6.45) is 1.58. The number of hydrogen-bond acceptors (Lipinski definition) is 5. The summed E-state index contributed by atoms with van der Waals surface area (Å²) in [7, 11) is 1.47. The zero-order valence-electron chi connectivity index (χ0n) is 11.6. The van der Waals surface area contributed by atoms with Gasteiger partial charge in [0.15, 0.2) is 11.6 Å². The van der Waals surface area contributed by atoms with Gasteiger partial charge < -0.3 is 14.9 Å². The van der Waals surface area contributed by atoms with Crippen LogP contribution in [0, 0.1) is 0 Å². The lowest BCUT2D eigenvalue weighted by atomic mass is 9.76. The van der Waals surface area contributed by atoms with E-state index in [1.165, 1.54) is 13.2 Å². The highest BCUT2D eigenvalue weighted by Crippen LogP contribution is 2.40. The van der Waals surface area contributed by atoms with Crippen molar-refractivity contribution in [2.45, 2.75) is 19.4 Å². The number of ether oxygens (including phenoxy) is 1. The van der Waals surface area contributed by atoms with Crippen LogP contribution in [0.5, 0.6) is 11.5 Å². The predicted molar refractivity (Wildman–Crippen MR) is 74.6 cm³/mol. The number of Topliss-reactive ketones (excluding diaryl/α,β-unsaturated/α-hetero) is 2. The number of hydrogen-bond donors (Lipinski definition) is 2. The number of carbonyl (C=O) groups excluding carboxylic acids is 2. The van der Waals surface area contributed by atoms with Crippen molar-refractivity contribution in [3.63, 3.8) is 0 Å². The Morgan fingerprint density at radius 2 is 1.90 bits per heavy atom. The van der Waals surface area contributed by atoms with Crippen LogP contribution in [-0.4, -0.2) is 35.0 Å². The lowest BCUT2D eigenvalue weighted by molar-refractivity contribution is 0.0917. The molecule has 0 aliphatic heterocycles. The van der Waals surface area contributed by atoms with Crippen LogP contribution in [0.3, 0.4) is 0 Å². The van der Waals surface area contributed by atoms with E-state index in [0.717, 1.165) is 11.6 Å². The van der Waals surface area contributed by atoms with E-state index in [1.807, 2.05) is 6.92 Å². The minimum atomic E-state index is -0.591. The van der Waals surface area contributed by atoms with E-state index < -0.39 is 17.6 Å². The van der Waals surface area contributed by atoms with Crippen molar-refractivity contribution in [2.24, 2.45) is 0 Å². The normalized spacial score (nSPS) is 21.0. The highest BCUT2D eigenvalue weighted by Gasteiger charge is 2.39. The summed E-state index contributed by atoms with van der Waals surface area (Å²) in [5, 5.41) is 19.5. The first-order valence-electron chi connectivity index (χ1n) is 6.52. The Bertz CT molecular complexity index is 739. The van der Waals surface area contributed by atoms with Crippen LogP contribution in [0.2, 0.25) is 0 Å².